The van der Waals surface area contributed by atoms with E-state index < -0.39 is 6.10 Å². The molecule has 4 nitrogen and oxygen atoms in total. The molecule has 1 unspecified atom stereocenters. The number of carbonyl (C=O) groups is 1. The predicted molar refractivity (Wildman–Crippen MR) is 51.6 cm³/mol. The summed E-state index contributed by atoms with van der Waals surface area (Å²) in [4.78, 5) is 11.2. The van der Waals surface area contributed by atoms with Crippen LogP contribution in [-0.2, 0) is 4.79 Å². The van der Waals surface area contributed by atoms with Gasteiger partial charge in [-0.15, -0.1) is 0 Å². The molecule has 0 saturated carbocycles. The Labute approximate surface area is 79.4 Å². The Bertz CT molecular complexity index is 210. The molecule has 1 atom stereocenters. The van der Waals surface area contributed by atoms with Crippen LogP contribution in [0.3, 0.4) is 0 Å². The van der Waals surface area contributed by atoms with Crippen molar-refractivity contribution < 1.29 is 14.5 Å². The molecule has 76 valence electrons. The molecule has 0 radical (unpaired) electrons. The van der Waals surface area contributed by atoms with Crippen LogP contribution >= 0.6 is 0 Å². The van der Waals surface area contributed by atoms with Crippen LogP contribution < -0.4 is 5.43 Å². The van der Waals surface area contributed by atoms with Crippen molar-refractivity contribution >= 4 is 5.91 Å². The quantitative estimate of drug-likeness (QED) is 0.371. The van der Waals surface area contributed by atoms with Gasteiger partial charge in [0.25, 0.3) is 5.91 Å². The van der Waals surface area contributed by atoms with Crippen LogP contribution in [0.15, 0.2) is 12.2 Å². The second kappa shape index (κ2) is 4.39. The minimum Gasteiger partial charge on any atom is -0.387 e. The van der Waals surface area contributed by atoms with Gasteiger partial charge in [0.15, 0.2) is 0 Å². The highest BCUT2D eigenvalue weighted by atomic mass is 16.3. The van der Waals surface area contributed by atoms with Crippen molar-refractivity contribution in [3.05, 3.63) is 12.2 Å². The summed E-state index contributed by atoms with van der Waals surface area (Å²) in [6.45, 7) is 7.34. The Kier molecular flexibility index (Phi) is 4.10. The Hall–Kier alpha value is -0.870. The zero-order chi connectivity index (χ0) is 10.6. The van der Waals surface area contributed by atoms with Gasteiger partial charge in [-0.3, -0.25) is 4.79 Å². The number of quaternary nitrogens is 1. The summed E-state index contributed by atoms with van der Waals surface area (Å²) in [5.41, 5.74) is 3.20. The number of carbonyl (C=O) groups excluding carboxylic acids is 1. The second-order valence-corrected chi connectivity index (χ2v) is 3.94. The van der Waals surface area contributed by atoms with Gasteiger partial charge in [-0.2, -0.15) is 5.43 Å². The summed E-state index contributed by atoms with van der Waals surface area (Å²) in [5, 5.41) is 9.15. The topological polar surface area (TPSA) is 49.3 Å². The number of hydrogen-bond acceptors (Lipinski definition) is 2. The number of nitrogens with zero attached hydrogens (tertiary/aromatic N) is 1. The van der Waals surface area contributed by atoms with E-state index in [-0.39, 0.29) is 10.5 Å². The first-order valence-corrected chi connectivity index (χ1v) is 4.24. The Morgan fingerprint density at radius 2 is 2.08 bits per heavy atom. The fourth-order valence-corrected chi connectivity index (χ4v) is 1.08. The number of rotatable bonds is 4. The highest BCUT2D eigenvalue weighted by Crippen LogP contribution is 1.97. The summed E-state index contributed by atoms with van der Waals surface area (Å²) in [5.74, 6) is -0.189. The van der Waals surface area contributed by atoms with Gasteiger partial charge in [0.2, 0.25) is 0 Å². The van der Waals surface area contributed by atoms with E-state index in [1.807, 2.05) is 14.1 Å². The standard InChI is InChI=1S/C9H18N2O2/c1-7(2)9(13)10-11(4,5)6-8(3)12/h8,12H,1,6H2,2-5H3/p+1. The lowest BCUT2D eigenvalue weighted by molar-refractivity contribution is -0.927. The molecule has 13 heavy (non-hydrogen) atoms. The van der Waals surface area contributed by atoms with Gasteiger partial charge in [-0.25, -0.2) is 4.59 Å². The van der Waals surface area contributed by atoms with Gasteiger partial charge < -0.3 is 5.11 Å². The first-order chi connectivity index (χ1) is 5.74. The van der Waals surface area contributed by atoms with Gasteiger partial charge in [0.05, 0.1) is 14.1 Å². The molecule has 2 N–H and O–H groups in total. The molecule has 0 heterocycles. The number of likely N-dealkylation sites (N-methyl/N-ethyl adjacent to an activating group) is 1. The molecule has 0 rings (SSSR count). The van der Waals surface area contributed by atoms with E-state index in [1.165, 1.54) is 0 Å². The highest BCUT2D eigenvalue weighted by Gasteiger charge is 2.21. The maximum atomic E-state index is 11.2. The van der Waals surface area contributed by atoms with Crippen molar-refractivity contribution in [1.82, 2.24) is 5.43 Å². The van der Waals surface area contributed by atoms with Crippen molar-refractivity contribution in [3.63, 3.8) is 0 Å². The minimum atomic E-state index is -0.444. The first kappa shape index (κ1) is 12.1. The number of aliphatic hydroxyl groups excluding tert-OH is 1. The van der Waals surface area contributed by atoms with Gasteiger partial charge >= 0.3 is 0 Å². The SMILES string of the molecule is C=C(C)C(=O)N[N+](C)(C)CC(C)O. The lowest BCUT2D eigenvalue weighted by atomic mass is 10.3. The van der Waals surface area contributed by atoms with Crippen LogP contribution in [0.25, 0.3) is 0 Å². The monoisotopic (exact) mass is 187 g/mol. The van der Waals surface area contributed by atoms with Crippen LogP contribution in [0.1, 0.15) is 13.8 Å². The molecule has 4 heteroatoms. The third-order valence-corrected chi connectivity index (χ3v) is 1.51. The summed E-state index contributed by atoms with van der Waals surface area (Å²) >= 11 is 0. The molecule has 0 aromatic rings. The zero-order valence-corrected chi connectivity index (χ0v) is 8.79. The largest absolute Gasteiger partial charge is 0.387 e. The average molecular weight is 187 g/mol. The van der Waals surface area contributed by atoms with Crippen molar-refractivity contribution in [2.24, 2.45) is 0 Å². The Morgan fingerprint density at radius 3 is 2.38 bits per heavy atom. The van der Waals surface area contributed by atoms with E-state index in [4.69, 9.17) is 5.11 Å². The van der Waals surface area contributed by atoms with Gasteiger partial charge in [0, 0.05) is 5.57 Å². The molecule has 0 bridgehead atoms. The number of aliphatic hydroxyl groups is 1. The van der Waals surface area contributed by atoms with Crippen LogP contribution in [-0.4, -0.2) is 42.3 Å². The minimum absolute atomic E-state index is 0.189. The van der Waals surface area contributed by atoms with E-state index in [0.717, 1.165) is 0 Å². The van der Waals surface area contributed by atoms with Gasteiger partial charge in [-0.1, -0.05) is 6.58 Å². The normalized spacial score (nSPS) is 13.6. The van der Waals surface area contributed by atoms with Gasteiger partial charge in [-0.05, 0) is 13.8 Å². The molecule has 0 saturated heterocycles. The third-order valence-electron chi connectivity index (χ3n) is 1.51. The summed E-state index contributed by atoms with van der Waals surface area (Å²) in [6, 6.07) is 0. The fraction of sp³-hybridized carbons (Fsp3) is 0.667. The Morgan fingerprint density at radius 1 is 1.62 bits per heavy atom. The van der Waals surface area contributed by atoms with E-state index in [9.17, 15) is 4.79 Å². The van der Waals surface area contributed by atoms with Crippen LogP contribution in [0.2, 0.25) is 0 Å². The molecule has 0 fully saturated rings. The molecule has 0 aromatic carbocycles. The van der Waals surface area contributed by atoms with E-state index in [2.05, 4.69) is 12.0 Å². The molecular formula is C9H19N2O2+. The van der Waals surface area contributed by atoms with Gasteiger partial charge in [0.1, 0.15) is 12.6 Å². The number of nitrogens with one attached hydrogen (secondary N) is 1. The van der Waals surface area contributed by atoms with E-state index >= 15 is 0 Å². The summed E-state index contributed by atoms with van der Waals surface area (Å²) in [7, 11) is 3.63. The average Bonchev–Trinajstić information content (AvgIpc) is 1.81. The lowest BCUT2D eigenvalue weighted by Gasteiger charge is -2.30. The summed E-state index contributed by atoms with van der Waals surface area (Å²) in [6.07, 6.45) is -0.444. The fourth-order valence-electron chi connectivity index (χ4n) is 1.08. The number of amides is 1. The molecule has 0 spiro atoms. The van der Waals surface area contributed by atoms with Crippen LogP contribution in [0.4, 0.5) is 0 Å². The van der Waals surface area contributed by atoms with E-state index in [1.54, 1.807) is 13.8 Å². The molecule has 0 aromatic heterocycles. The van der Waals surface area contributed by atoms with Crippen LogP contribution in [0.5, 0.6) is 0 Å². The molecule has 0 aliphatic heterocycles. The highest BCUT2D eigenvalue weighted by molar-refractivity contribution is 5.91. The lowest BCUT2D eigenvalue weighted by Crippen LogP contribution is -2.57. The molecule has 0 aliphatic rings. The van der Waals surface area contributed by atoms with Crippen molar-refractivity contribution in [1.29, 1.82) is 0 Å². The maximum Gasteiger partial charge on any atom is 0.290 e. The molecular weight excluding hydrogens is 168 g/mol. The second-order valence-electron chi connectivity index (χ2n) is 3.94. The maximum absolute atomic E-state index is 11.2. The van der Waals surface area contributed by atoms with Crippen molar-refractivity contribution in [3.8, 4) is 0 Å². The predicted octanol–water partition coefficient (Wildman–Crippen LogP) is 0.0509. The molecule has 0 aliphatic carbocycles. The van der Waals surface area contributed by atoms with Crippen LogP contribution in [0, 0.1) is 0 Å². The number of hydrogen-bond donors (Lipinski definition) is 2. The first-order valence-electron chi connectivity index (χ1n) is 4.24. The Balaban J connectivity index is 4.16. The molecule has 1 amide bonds. The van der Waals surface area contributed by atoms with Crippen molar-refractivity contribution in [2.45, 2.75) is 20.0 Å². The zero-order valence-electron chi connectivity index (χ0n) is 8.79. The smallest absolute Gasteiger partial charge is 0.290 e. The van der Waals surface area contributed by atoms with Crippen molar-refractivity contribution in [2.75, 3.05) is 20.6 Å². The summed E-state index contributed by atoms with van der Waals surface area (Å²) < 4.78 is 0.253. The third kappa shape index (κ3) is 5.38. The van der Waals surface area contributed by atoms with E-state index in [0.29, 0.717) is 12.1 Å².